The van der Waals surface area contributed by atoms with Gasteiger partial charge in [0.05, 0.1) is 11.9 Å². The van der Waals surface area contributed by atoms with E-state index in [1.807, 2.05) is 0 Å². The Hall–Kier alpha value is -1.14. The fraction of sp³-hybridized carbons (Fsp3) is 0.583. The molecule has 0 aliphatic carbocycles. The van der Waals surface area contributed by atoms with Gasteiger partial charge in [-0.3, -0.25) is 0 Å². The lowest BCUT2D eigenvalue weighted by Crippen LogP contribution is -2.38. The standard InChI is InChI=1S/C12H21N3O2S/c1-12(2,3)15-8-7-13-10-5-6-11(14-9-10)18(4,16)17/h5-6,9,13,15H,7-8H2,1-4H3. The zero-order valence-electron chi connectivity index (χ0n) is 11.3. The number of anilines is 1. The Labute approximate surface area is 109 Å². The third-order valence-electron chi connectivity index (χ3n) is 2.23. The maximum Gasteiger partial charge on any atom is 0.192 e. The highest BCUT2D eigenvalue weighted by molar-refractivity contribution is 7.90. The van der Waals surface area contributed by atoms with Crippen molar-refractivity contribution in [1.29, 1.82) is 0 Å². The molecule has 0 saturated heterocycles. The summed E-state index contributed by atoms with van der Waals surface area (Å²) in [6.07, 6.45) is 2.68. The summed E-state index contributed by atoms with van der Waals surface area (Å²) in [5.74, 6) is 0. The van der Waals surface area contributed by atoms with Gasteiger partial charge in [-0.25, -0.2) is 13.4 Å². The van der Waals surface area contributed by atoms with Crippen molar-refractivity contribution in [3.05, 3.63) is 18.3 Å². The van der Waals surface area contributed by atoms with Crippen LogP contribution >= 0.6 is 0 Å². The number of sulfone groups is 1. The first kappa shape index (κ1) is 14.9. The van der Waals surface area contributed by atoms with Crippen molar-refractivity contribution >= 4 is 15.5 Å². The molecule has 0 radical (unpaired) electrons. The molecule has 1 rings (SSSR count). The first-order valence-electron chi connectivity index (χ1n) is 5.83. The third kappa shape index (κ3) is 5.46. The third-order valence-corrected chi connectivity index (χ3v) is 3.23. The summed E-state index contributed by atoms with van der Waals surface area (Å²) >= 11 is 0. The second-order valence-electron chi connectivity index (χ2n) is 5.26. The van der Waals surface area contributed by atoms with Gasteiger partial charge in [-0.2, -0.15) is 0 Å². The highest BCUT2D eigenvalue weighted by Crippen LogP contribution is 2.09. The molecule has 5 nitrogen and oxygen atoms in total. The number of aromatic nitrogens is 1. The Morgan fingerprint density at radius 3 is 2.33 bits per heavy atom. The molecule has 1 aromatic heterocycles. The summed E-state index contributed by atoms with van der Waals surface area (Å²) in [7, 11) is -3.22. The summed E-state index contributed by atoms with van der Waals surface area (Å²) in [6.45, 7) is 7.91. The number of hydrogen-bond donors (Lipinski definition) is 2. The van der Waals surface area contributed by atoms with Crippen LogP contribution in [0.1, 0.15) is 20.8 Å². The van der Waals surface area contributed by atoms with Crippen molar-refractivity contribution in [2.75, 3.05) is 24.7 Å². The average molecular weight is 271 g/mol. The van der Waals surface area contributed by atoms with Gasteiger partial charge < -0.3 is 10.6 Å². The van der Waals surface area contributed by atoms with Crippen LogP contribution in [0.25, 0.3) is 0 Å². The summed E-state index contributed by atoms with van der Waals surface area (Å²) in [4.78, 5) is 3.91. The zero-order chi connectivity index (χ0) is 13.8. The zero-order valence-corrected chi connectivity index (χ0v) is 12.1. The predicted molar refractivity (Wildman–Crippen MR) is 73.6 cm³/mol. The largest absolute Gasteiger partial charge is 0.383 e. The lowest BCUT2D eigenvalue weighted by atomic mass is 10.1. The predicted octanol–water partition coefficient (Wildman–Crippen LogP) is 1.29. The van der Waals surface area contributed by atoms with Gasteiger partial charge in [-0.1, -0.05) is 0 Å². The smallest absolute Gasteiger partial charge is 0.192 e. The summed E-state index contributed by atoms with van der Waals surface area (Å²) in [5.41, 5.74) is 0.915. The van der Waals surface area contributed by atoms with Crippen molar-refractivity contribution in [2.24, 2.45) is 0 Å². The lowest BCUT2D eigenvalue weighted by Gasteiger charge is -2.20. The van der Waals surface area contributed by atoms with Gasteiger partial charge in [0.2, 0.25) is 0 Å². The lowest BCUT2D eigenvalue weighted by molar-refractivity contribution is 0.435. The summed E-state index contributed by atoms with van der Waals surface area (Å²) in [6, 6.07) is 3.23. The monoisotopic (exact) mass is 271 g/mol. The average Bonchev–Trinajstić information content (AvgIpc) is 2.22. The van der Waals surface area contributed by atoms with Crippen LogP contribution in [-0.2, 0) is 9.84 Å². The van der Waals surface area contributed by atoms with Crippen molar-refractivity contribution in [1.82, 2.24) is 10.3 Å². The van der Waals surface area contributed by atoms with E-state index in [4.69, 9.17) is 0 Å². The number of rotatable bonds is 5. The Balaban J connectivity index is 2.45. The van der Waals surface area contributed by atoms with Crippen LogP contribution in [0.2, 0.25) is 0 Å². The van der Waals surface area contributed by atoms with Gasteiger partial charge in [0.15, 0.2) is 14.9 Å². The summed E-state index contributed by atoms with van der Waals surface area (Å²) in [5, 5.41) is 6.62. The highest BCUT2D eigenvalue weighted by atomic mass is 32.2. The molecule has 0 fully saturated rings. The molecule has 2 N–H and O–H groups in total. The van der Waals surface area contributed by atoms with E-state index in [0.717, 1.165) is 25.0 Å². The van der Waals surface area contributed by atoms with E-state index >= 15 is 0 Å². The molecule has 0 unspecified atom stereocenters. The Kier molecular flexibility index (Phi) is 4.70. The topological polar surface area (TPSA) is 71.1 Å². The summed E-state index contributed by atoms with van der Waals surface area (Å²) < 4.78 is 22.4. The molecule has 0 spiro atoms. The van der Waals surface area contributed by atoms with Crippen molar-refractivity contribution in [2.45, 2.75) is 31.3 Å². The second-order valence-corrected chi connectivity index (χ2v) is 7.22. The van der Waals surface area contributed by atoms with E-state index in [0.29, 0.717) is 0 Å². The SMILES string of the molecule is CC(C)(C)NCCNc1ccc(S(C)(=O)=O)nc1. The molecule has 18 heavy (non-hydrogen) atoms. The van der Waals surface area contributed by atoms with Crippen LogP contribution in [-0.4, -0.2) is 38.3 Å². The van der Waals surface area contributed by atoms with Gasteiger partial charge in [0, 0.05) is 24.9 Å². The van der Waals surface area contributed by atoms with E-state index in [2.05, 4.69) is 36.4 Å². The van der Waals surface area contributed by atoms with Gasteiger partial charge in [0.1, 0.15) is 0 Å². The molecule has 0 aliphatic heterocycles. The molecule has 1 aromatic rings. The molecule has 0 aliphatic rings. The first-order valence-corrected chi connectivity index (χ1v) is 7.73. The Morgan fingerprint density at radius 2 is 1.89 bits per heavy atom. The Morgan fingerprint density at radius 1 is 1.22 bits per heavy atom. The minimum Gasteiger partial charge on any atom is -0.383 e. The first-order chi connectivity index (χ1) is 8.18. The van der Waals surface area contributed by atoms with Crippen LogP contribution in [0.5, 0.6) is 0 Å². The van der Waals surface area contributed by atoms with E-state index in [1.165, 1.54) is 12.3 Å². The minimum atomic E-state index is -3.22. The Bertz CT molecular complexity index is 475. The number of hydrogen-bond acceptors (Lipinski definition) is 5. The van der Waals surface area contributed by atoms with Crippen LogP contribution in [0.3, 0.4) is 0 Å². The van der Waals surface area contributed by atoms with Crippen LogP contribution < -0.4 is 10.6 Å². The van der Waals surface area contributed by atoms with Crippen molar-refractivity contribution < 1.29 is 8.42 Å². The molecule has 0 saturated carbocycles. The normalized spacial score (nSPS) is 12.4. The second kappa shape index (κ2) is 5.67. The molecule has 1 heterocycles. The van der Waals surface area contributed by atoms with Gasteiger partial charge in [-0.15, -0.1) is 0 Å². The molecule has 102 valence electrons. The van der Waals surface area contributed by atoms with Crippen molar-refractivity contribution in [3.63, 3.8) is 0 Å². The molecule has 0 aromatic carbocycles. The van der Waals surface area contributed by atoms with E-state index in [1.54, 1.807) is 6.07 Å². The van der Waals surface area contributed by atoms with Gasteiger partial charge in [0.25, 0.3) is 0 Å². The molecule has 0 bridgehead atoms. The number of pyridine rings is 1. The fourth-order valence-corrected chi connectivity index (χ4v) is 1.91. The molecular weight excluding hydrogens is 250 g/mol. The quantitative estimate of drug-likeness (QED) is 0.790. The van der Waals surface area contributed by atoms with Crippen LogP contribution in [0.4, 0.5) is 5.69 Å². The fourth-order valence-electron chi connectivity index (χ4n) is 1.35. The molecule has 0 atom stereocenters. The van der Waals surface area contributed by atoms with E-state index in [9.17, 15) is 8.42 Å². The molecule has 6 heteroatoms. The maximum absolute atomic E-state index is 11.2. The van der Waals surface area contributed by atoms with E-state index in [-0.39, 0.29) is 10.6 Å². The number of nitrogens with one attached hydrogen (secondary N) is 2. The number of nitrogens with zero attached hydrogens (tertiary/aromatic N) is 1. The van der Waals surface area contributed by atoms with Gasteiger partial charge >= 0.3 is 0 Å². The minimum absolute atomic E-state index is 0.0973. The van der Waals surface area contributed by atoms with Crippen molar-refractivity contribution in [3.8, 4) is 0 Å². The van der Waals surface area contributed by atoms with Crippen LogP contribution in [0, 0.1) is 0 Å². The molecule has 0 amide bonds. The maximum atomic E-state index is 11.2. The van der Waals surface area contributed by atoms with Gasteiger partial charge in [-0.05, 0) is 32.9 Å². The highest BCUT2D eigenvalue weighted by Gasteiger charge is 2.08. The van der Waals surface area contributed by atoms with Crippen LogP contribution in [0.15, 0.2) is 23.4 Å². The van der Waals surface area contributed by atoms with E-state index < -0.39 is 9.84 Å². The molecular formula is C12H21N3O2S.